The van der Waals surface area contributed by atoms with Crippen molar-refractivity contribution in [3.63, 3.8) is 0 Å². The zero-order chi connectivity index (χ0) is 23.1. The van der Waals surface area contributed by atoms with Gasteiger partial charge in [-0.2, -0.15) is 0 Å². The van der Waals surface area contributed by atoms with E-state index >= 15 is 0 Å². The van der Waals surface area contributed by atoms with E-state index in [2.05, 4.69) is 29.4 Å². The van der Waals surface area contributed by atoms with Crippen LogP contribution in [0.3, 0.4) is 0 Å². The Bertz CT molecular complexity index is 1370. The van der Waals surface area contributed by atoms with Crippen LogP contribution in [-0.2, 0) is 4.79 Å². The van der Waals surface area contributed by atoms with Crippen molar-refractivity contribution in [3.8, 4) is 10.8 Å². The van der Waals surface area contributed by atoms with Crippen molar-refractivity contribution in [2.45, 2.75) is 33.2 Å². The number of hydrogen-bond acceptors (Lipinski definition) is 6. The summed E-state index contributed by atoms with van der Waals surface area (Å²) in [4.78, 5) is 19.2. The summed E-state index contributed by atoms with van der Waals surface area (Å²) in [5.74, 6) is 1.44. The summed E-state index contributed by atoms with van der Waals surface area (Å²) in [5.41, 5.74) is 4.55. The van der Waals surface area contributed by atoms with Gasteiger partial charge in [-0.15, -0.1) is 21.5 Å². The number of aromatic hydroxyl groups is 1. The molecule has 0 spiro atoms. The molecule has 1 amide bonds. The smallest absolute Gasteiger partial charge is 0.227 e. The van der Waals surface area contributed by atoms with Gasteiger partial charge in [0.15, 0.2) is 5.82 Å². The van der Waals surface area contributed by atoms with E-state index in [-0.39, 0.29) is 18.1 Å². The number of nitrogens with zero attached hydrogens (tertiary/aromatic N) is 4. The van der Waals surface area contributed by atoms with E-state index < -0.39 is 6.04 Å². The number of fused-ring (bicyclic) bond motifs is 3. The van der Waals surface area contributed by atoms with Gasteiger partial charge in [0.2, 0.25) is 5.91 Å². The van der Waals surface area contributed by atoms with Crippen molar-refractivity contribution in [1.82, 2.24) is 14.8 Å². The van der Waals surface area contributed by atoms with Gasteiger partial charge in [-0.3, -0.25) is 14.4 Å². The van der Waals surface area contributed by atoms with Crippen molar-refractivity contribution in [1.29, 1.82) is 0 Å². The molecule has 33 heavy (non-hydrogen) atoms. The number of anilines is 1. The predicted octanol–water partition coefficient (Wildman–Crippen LogP) is 4.88. The van der Waals surface area contributed by atoms with Crippen LogP contribution in [0.25, 0.3) is 5.00 Å². The third kappa shape index (κ3) is 3.82. The van der Waals surface area contributed by atoms with Gasteiger partial charge in [-0.25, -0.2) is 0 Å². The Morgan fingerprint density at radius 3 is 2.52 bits per heavy atom. The fourth-order valence-corrected chi connectivity index (χ4v) is 5.27. The second-order valence-electron chi connectivity index (χ2n) is 8.06. The normalized spacial score (nSPS) is 14.8. The first kappa shape index (κ1) is 21.1. The van der Waals surface area contributed by atoms with Crippen molar-refractivity contribution >= 4 is 28.6 Å². The second kappa shape index (κ2) is 8.29. The minimum Gasteiger partial charge on any atom is -0.508 e. The number of amides is 1. The molecule has 166 valence electrons. The van der Waals surface area contributed by atoms with Crippen molar-refractivity contribution in [3.05, 3.63) is 87.8 Å². The maximum Gasteiger partial charge on any atom is 0.227 e. The lowest BCUT2D eigenvalue weighted by Gasteiger charge is -2.13. The Kier molecular flexibility index (Phi) is 5.30. The first-order valence-electron chi connectivity index (χ1n) is 10.7. The molecule has 0 radical (unpaired) electrons. The van der Waals surface area contributed by atoms with Crippen LogP contribution >= 0.6 is 11.3 Å². The van der Waals surface area contributed by atoms with E-state index in [0.717, 1.165) is 38.9 Å². The topological polar surface area (TPSA) is 92.4 Å². The van der Waals surface area contributed by atoms with E-state index in [0.29, 0.717) is 5.82 Å². The molecule has 5 rings (SSSR count). The lowest BCUT2D eigenvalue weighted by atomic mass is 9.99. The molecule has 7 nitrogen and oxygen atoms in total. The number of phenolic OH excluding ortho intramolecular Hbond substituents is 1. The van der Waals surface area contributed by atoms with Gasteiger partial charge >= 0.3 is 0 Å². The van der Waals surface area contributed by atoms with Gasteiger partial charge in [-0.1, -0.05) is 18.2 Å². The quantitative estimate of drug-likeness (QED) is 0.457. The first-order chi connectivity index (χ1) is 15.9. The number of rotatable bonds is 4. The number of aliphatic imine (C=N–C) groups is 1. The molecule has 1 aliphatic rings. The minimum atomic E-state index is -0.516. The average molecular weight is 458 g/mol. The fourth-order valence-electron chi connectivity index (χ4n) is 4.05. The van der Waals surface area contributed by atoms with Crippen LogP contribution < -0.4 is 5.32 Å². The highest BCUT2D eigenvalue weighted by molar-refractivity contribution is 7.15. The first-order valence-corrected chi connectivity index (χ1v) is 11.5. The highest BCUT2D eigenvalue weighted by atomic mass is 32.1. The molecule has 4 aromatic rings. The summed E-state index contributed by atoms with van der Waals surface area (Å²) < 4.78 is 2.03. The molecule has 1 atom stereocenters. The Labute approximate surface area is 195 Å². The molecule has 0 aliphatic carbocycles. The van der Waals surface area contributed by atoms with Gasteiger partial charge in [-0.05, 0) is 62.7 Å². The molecule has 2 aromatic carbocycles. The number of carbonyl (C=O) groups is 1. The highest BCUT2D eigenvalue weighted by Crippen LogP contribution is 2.39. The summed E-state index contributed by atoms with van der Waals surface area (Å²) in [6, 6.07) is 15.9. The van der Waals surface area contributed by atoms with Crippen LogP contribution in [0, 0.1) is 20.8 Å². The van der Waals surface area contributed by atoms with Crippen LogP contribution in [0.5, 0.6) is 5.75 Å². The van der Waals surface area contributed by atoms with Crippen LogP contribution in [0.1, 0.15) is 45.7 Å². The van der Waals surface area contributed by atoms with Crippen molar-refractivity contribution in [2.75, 3.05) is 5.32 Å². The Morgan fingerprint density at radius 1 is 1.06 bits per heavy atom. The number of thiophene rings is 1. The van der Waals surface area contributed by atoms with E-state index in [1.54, 1.807) is 23.5 Å². The number of aryl methyl sites for hydroxylation is 2. The number of benzene rings is 2. The van der Waals surface area contributed by atoms with Crippen LogP contribution in [0.4, 0.5) is 5.69 Å². The van der Waals surface area contributed by atoms with Gasteiger partial charge in [0, 0.05) is 21.7 Å². The zero-order valence-electron chi connectivity index (χ0n) is 18.5. The SMILES string of the molecule is Cc1sc2c(c1C)C(c1ccc(O)cc1)=N[C@@H](CC(=O)Nc1ccccc1)c1nnc(C)n1-2. The molecule has 1 aliphatic heterocycles. The minimum absolute atomic E-state index is 0.127. The van der Waals surface area contributed by atoms with Gasteiger partial charge < -0.3 is 10.4 Å². The summed E-state index contributed by atoms with van der Waals surface area (Å²) in [6.07, 6.45) is 0.127. The number of nitrogens with one attached hydrogen (secondary N) is 1. The van der Waals surface area contributed by atoms with Crippen LogP contribution in [0.15, 0.2) is 59.6 Å². The zero-order valence-corrected chi connectivity index (χ0v) is 19.3. The van der Waals surface area contributed by atoms with Crippen molar-refractivity contribution in [2.24, 2.45) is 4.99 Å². The molecule has 2 N–H and O–H groups in total. The number of hydrogen-bond donors (Lipinski definition) is 2. The molecule has 0 fully saturated rings. The average Bonchev–Trinajstić information content (AvgIpc) is 3.27. The molecule has 2 aromatic heterocycles. The summed E-state index contributed by atoms with van der Waals surface area (Å²) >= 11 is 1.67. The third-order valence-corrected chi connectivity index (χ3v) is 7.01. The Hall–Kier alpha value is -3.78. The summed E-state index contributed by atoms with van der Waals surface area (Å²) in [7, 11) is 0. The second-order valence-corrected chi connectivity index (χ2v) is 9.27. The standard InChI is InChI=1S/C25H23N5O2S/c1-14-15(2)33-25-22(14)23(17-9-11-19(31)12-10-17)27-20(24-29-28-16(3)30(24)25)13-21(32)26-18-7-5-4-6-8-18/h4-12,20,31H,13H2,1-3H3,(H,26,32)/t20-/m0/s1. The van der Waals surface area contributed by atoms with Crippen molar-refractivity contribution < 1.29 is 9.90 Å². The molecule has 0 unspecified atom stereocenters. The Morgan fingerprint density at radius 2 is 1.79 bits per heavy atom. The fraction of sp³-hybridized carbons (Fsp3) is 0.200. The monoisotopic (exact) mass is 457 g/mol. The predicted molar refractivity (Wildman–Crippen MR) is 130 cm³/mol. The Balaban J connectivity index is 1.64. The van der Waals surface area contributed by atoms with Gasteiger partial charge in [0.05, 0.1) is 12.1 Å². The lowest BCUT2D eigenvalue weighted by Crippen LogP contribution is -2.17. The van der Waals surface area contributed by atoms with Crippen LogP contribution in [-0.4, -0.2) is 31.5 Å². The maximum atomic E-state index is 13.0. The molecular formula is C25H23N5O2S. The summed E-state index contributed by atoms with van der Waals surface area (Å²) in [6.45, 7) is 6.09. The van der Waals surface area contributed by atoms with E-state index in [4.69, 9.17) is 4.99 Å². The molecule has 8 heteroatoms. The number of aromatic nitrogens is 3. The largest absolute Gasteiger partial charge is 0.508 e. The van der Waals surface area contributed by atoms with E-state index in [1.807, 2.05) is 54.0 Å². The number of para-hydroxylation sites is 1. The number of carbonyl (C=O) groups excluding carboxylic acids is 1. The van der Waals surface area contributed by atoms with Crippen LogP contribution in [0.2, 0.25) is 0 Å². The van der Waals surface area contributed by atoms with Gasteiger partial charge in [0.25, 0.3) is 0 Å². The molecule has 3 heterocycles. The highest BCUT2D eigenvalue weighted by Gasteiger charge is 2.32. The maximum absolute atomic E-state index is 13.0. The lowest BCUT2D eigenvalue weighted by molar-refractivity contribution is -0.116. The van der Waals surface area contributed by atoms with Gasteiger partial charge in [0.1, 0.15) is 22.6 Å². The molecule has 0 saturated carbocycles. The summed E-state index contributed by atoms with van der Waals surface area (Å²) in [5, 5.41) is 22.5. The van der Waals surface area contributed by atoms with E-state index in [9.17, 15) is 9.90 Å². The third-order valence-electron chi connectivity index (χ3n) is 5.82. The molecular weight excluding hydrogens is 434 g/mol. The molecule has 0 bridgehead atoms. The number of phenols is 1. The molecule has 0 saturated heterocycles. The van der Waals surface area contributed by atoms with E-state index in [1.165, 1.54) is 4.88 Å².